The smallest absolute Gasteiger partial charge is 0.242 e. The van der Waals surface area contributed by atoms with E-state index in [9.17, 15) is 18.0 Å². The number of anilines is 2. The second kappa shape index (κ2) is 9.93. The molecule has 1 aliphatic carbocycles. The van der Waals surface area contributed by atoms with Crippen molar-refractivity contribution in [3.8, 4) is 5.75 Å². The van der Waals surface area contributed by atoms with Crippen molar-refractivity contribution >= 4 is 33.2 Å². The van der Waals surface area contributed by atoms with Crippen LogP contribution in [-0.4, -0.2) is 32.4 Å². The number of hydrogen-bond donors (Lipinski definition) is 3. The lowest BCUT2D eigenvalue weighted by molar-refractivity contribution is -0.117. The Morgan fingerprint density at radius 1 is 1.00 bits per heavy atom. The first-order valence-electron chi connectivity index (χ1n) is 10.2. The van der Waals surface area contributed by atoms with Crippen molar-refractivity contribution in [1.29, 1.82) is 0 Å². The summed E-state index contributed by atoms with van der Waals surface area (Å²) in [5, 5.41) is 5.32. The summed E-state index contributed by atoms with van der Waals surface area (Å²) in [5.74, 6) is -0.177. The van der Waals surface area contributed by atoms with E-state index >= 15 is 0 Å². The number of ether oxygens (including phenoxy) is 1. The Hall–Kier alpha value is -2.91. The van der Waals surface area contributed by atoms with Crippen LogP contribution in [0.15, 0.2) is 53.4 Å². The second-order valence-corrected chi connectivity index (χ2v) is 9.27. The molecule has 9 heteroatoms. The Balaban J connectivity index is 1.64. The van der Waals surface area contributed by atoms with Crippen LogP contribution in [0, 0.1) is 0 Å². The van der Waals surface area contributed by atoms with Gasteiger partial charge in [-0.1, -0.05) is 12.1 Å². The Labute approximate surface area is 182 Å². The van der Waals surface area contributed by atoms with Crippen molar-refractivity contribution in [2.45, 2.75) is 56.6 Å². The molecule has 0 unspecified atom stereocenters. The van der Waals surface area contributed by atoms with E-state index in [4.69, 9.17) is 4.74 Å². The highest BCUT2D eigenvalue weighted by molar-refractivity contribution is 7.89. The van der Waals surface area contributed by atoms with E-state index in [1.165, 1.54) is 38.1 Å². The largest absolute Gasteiger partial charge is 0.488 e. The molecule has 31 heavy (non-hydrogen) atoms. The first kappa shape index (κ1) is 22.8. The minimum Gasteiger partial charge on any atom is -0.488 e. The molecule has 0 spiro atoms. The summed E-state index contributed by atoms with van der Waals surface area (Å²) < 4.78 is 33.6. The number of carbonyl (C=O) groups is 2. The number of rotatable bonds is 8. The molecule has 0 bridgehead atoms. The summed E-state index contributed by atoms with van der Waals surface area (Å²) in [7, 11) is -3.93. The maximum atomic E-state index is 12.6. The van der Waals surface area contributed by atoms with Crippen LogP contribution >= 0.6 is 0 Å². The van der Waals surface area contributed by atoms with Gasteiger partial charge in [-0.25, -0.2) is 8.42 Å². The fourth-order valence-electron chi connectivity index (χ4n) is 3.37. The van der Waals surface area contributed by atoms with Crippen molar-refractivity contribution in [3.05, 3.63) is 48.5 Å². The average molecular weight is 446 g/mol. The lowest BCUT2D eigenvalue weighted by atomic mass is 10.2. The standard InChI is InChI=1S/C22H27N3O5S/c1-15(25-31(28,29)19-13-11-17(12-14-19)23-16(2)26)22(27)24-20-9-5-6-10-21(20)30-18-7-3-4-8-18/h5-6,9-15,18,25H,3-4,7-8H2,1-2H3,(H,23,26)(H,24,27)/t15-/m0/s1. The zero-order valence-electron chi connectivity index (χ0n) is 17.6. The minimum atomic E-state index is -3.93. The second-order valence-electron chi connectivity index (χ2n) is 7.56. The molecule has 2 amide bonds. The van der Waals surface area contributed by atoms with Gasteiger partial charge in [0.25, 0.3) is 0 Å². The SMILES string of the molecule is CC(=O)Nc1ccc(S(=O)(=O)N[C@@H](C)C(=O)Nc2ccccc2OC2CCCC2)cc1. The third-order valence-corrected chi connectivity index (χ3v) is 6.51. The van der Waals surface area contributed by atoms with Gasteiger partial charge in [-0.05, 0) is 69.0 Å². The molecule has 1 saturated carbocycles. The summed E-state index contributed by atoms with van der Waals surface area (Å²) in [6.45, 7) is 2.84. The zero-order chi connectivity index (χ0) is 22.4. The normalized spacial score (nSPS) is 15.3. The Bertz CT molecular complexity index is 1030. The van der Waals surface area contributed by atoms with Gasteiger partial charge in [0.2, 0.25) is 21.8 Å². The van der Waals surface area contributed by atoms with Crippen LogP contribution in [0.2, 0.25) is 0 Å². The quantitative estimate of drug-likeness (QED) is 0.577. The lowest BCUT2D eigenvalue weighted by Gasteiger charge is -2.19. The van der Waals surface area contributed by atoms with Crippen molar-refractivity contribution in [1.82, 2.24) is 4.72 Å². The van der Waals surface area contributed by atoms with Crippen molar-refractivity contribution in [2.24, 2.45) is 0 Å². The monoisotopic (exact) mass is 445 g/mol. The maximum absolute atomic E-state index is 12.6. The molecular formula is C22H27N3O5S. The first-order chi connectivity index (χ1) is 14.7. The number of hydrogen-bond acceptors (Lipinski definition) is 5. The lowest BCUT2D eigenvalue weighted by Crippen LogP contribution is -2.41. The van der Waals surface area contributed by atoms with Gasteiger partial charge in [-0.3, -0.25) is 9.59 Å². The number of amides is 2. The van der Waals surface area contributed by atoms with Crippen LogP contribution in [0.5, 0.6) is 5.75 Å². The predicted molar refractivity (Wildman–Crippen MR) is 118 cm³/mol. The van der Waals surface area contributed by atoms with Gasteiger partial charge >= 0.3 is 0 Å². The number of carbonyl (C=O) groups excluding carboxylic acids is 2. The van der Waals surface area contributed by atoms with Gasteiger partial charge in [0.15, 0.2) is 0 Å². The summed E-state index contributed by atoms with van der Waals surface area (Å²) in [4.78, 5) is 23.7. The van der Waals surface area contributed by atoms with E-state index in [0.717, 1.165) is 25.7 Å². The van der Waals surface area contributed by atoms with E-state index < -0.39 is 22.0 Å². The molecule has 3 N–H and O–H groups in total. The minimum absolute atomic E-state index is 0.00813. The number of nitrogens with one attached hydrogen (secondary N) is 3. The maximum Gasteiger partial charge on any atom is 0.242 e. The molecule has 1 fully saturated rings. The molecule has 1 atom stereocenters. The van der Waals surface area contributed by atoms with Crippen molar-refractivity contribution < 1.29 is 22.7 Å². The van der Waals surface area contributed by atoms with Crippen LogP contribution in [0.25, 0.3) is 0 Å². The predicted octanol–water partition coefficient (Wildman–Crippen LogP) is 3.27. The molecule has 0 radical (unpaired) electrons. The van der Waals surface area contributed by atoms with Crippen LogP contribution in [0.1, 0.15) is 39.5 Å². The fraction of sp³-hybridized carbons (Fsp3) is 0.364. The number of benzene rings is 2. The first-order valence-corrected chi connectivity index (χ1v) is 11.7. The molecule has 0 aliphatic heterocycles. The van der Waals surface area contributed by atoms with Gasteiger partial charge in [0, 0.05) is 12.6 Å². The summed E-state index contributed by atoms with van der Waals surface area (Å²) in [6.07, 6.45) is 4.36. The highest BCUT2D eigenvalue weighted by Gasteiger charge is 2.24. The van der Waals surface area contributed by atoms with Crippen molar-refractivity contribution in [2.75, 3.05) is 10.6 Å². The Morgan fingerprint density at radius 3 is 2.29 bits per heavy atom. The molecule has 0 aromatic heterocycles. The Kier molecular flexibility index (Phi) is 7.29. The topological polar surface area (TPSA) is 114 Å². The molecule has 2 aromatic carbocycles. The summed E-state index contributed by atoms with van der Waals surface area (Å²) in [6, 6.07) is 11.8. The van der Waals surface area contributed by atoms with Gasteiger partial charge < -0.3 is 15.4 Å². The molecule has 3 rings (SSSR count). The Morgan fingerprint density at radius 2 is 1.65 bits per heavy atom. The van der Waals surface area contributed by atoms with Gasteiger partial charge in [0.1, 0.15) is 5.75 Å². The third-order valence-electron chi connectivity index (χ3n) is 4.95. The molecular weight excluding hydrogens is 418 g/mol. The van der Waals surface area contributed by atoms with Gasteiger partial charge in [-0.2, -0.15) is 4.72 Å². The van der Waals surface area contributed by atoms with Crippen LogP contribution in [-0.2, 0) is 19.6 Å². The van der Waals surface area contributed by atoms with E-state index in [1.807, 2.05) is 6.07 Å². The van der Waals surface area contributed by atoms with Crippen LogP contribution in [0.4, 0.5) is 11.4 Å². The molecule has 0 saturated heterocycles. The van der Waals surface area contributed by atoms with E-state index in [-0.39, 0.29) is 16.9 Å². The average Bonchev–Trinajstić information content (AvgIpc) is 3.22. The van der Waals surface area contributed by atoms with Crippen LogP contribution in [0.3, 0.4) is 0 Å². The molecule has 0 heterocycles. The molecule has 2 aromatic rings. The molecule has 8 nitrogen and oxygen atoms in total. The zero-order valence-corrected chi connectivity index (χ0v) is 18.4. The summed E-state index contributed by atoms with van der Waals surface area (Å²) in [5.41, 5.74) is 0.987. The summed E-state index contributed by atoms with van der Waals surface area (Å²) >= 11 is 0. The van der Waals surface area contributed by atoms with Gasteiger partial charge in [0.05, 0.1) is 22.7 Å². The third kappa shape index (κ3) is 6.28. The number of sulfonamides is 1. The van der Waals surface area contributed by atoms with E-state index in [0.29, 0.717) is 17.1 Å². The highest BCUT2D eigenvalue weighted by Crippen LogP contribution is 2.29. The van der Waals surface area contributed by atoms with Crippen molar-refractivity contribution in [3.63, 3.8) is 0 Å². The van der Waals surface area contributed by atoms with E-state index in [1.54, 1.807) is 18.2 Å². The molecule has 166 valence electrons. The van der Waals surface area contributed by atoms with Crippen LogP contribution < -0.4 is 20.1 Å². The fourth-order valence-corrected chi connectivity index (χ4v) is 4.58. The van der Waals surface area contributed by atoms with Gasteiger partial charge in [-0.15, -0.1) is 0 Å². The van der Waals surface area contributed by atoms with E-state index in [2.05, 4.69) is 15.4 Å². The highest BCUT2D eigenvalue weighted by atomic mass is 32.2. The number of para-hydroxylation sites is 2. The molecule has 1 aliphatic rings.